The molecule has 0 saturated heterocycles. The number of anilines is 3. The van der Waals surface area contributed by atoms with Crippen LogP contribution >= 0.6 is 22.7 Å². The van der Waals surface area contributed by atoms with Gasteiger partial charge in [0.05, 0.1) is 17.9 Å². The van der Waals surface area contributed by atoms with Gasteiger partial charge >= 0.3 is 5.97 Å². The quantitative estimate of drug-likeness (QED) is 0.217. The van der Waals surface area contributed by atoms with Crippen molar-refractivity contribution in [2.75, 3.05) is 23.4 Å². The van der Waals surface area contributed by atoms with Crippen LogP contribution in [0.2, 0.25) is 0 Å². The Morgan fingerprint density at radius 3 is 2.60 bits per heavy atom. The minimum absolute atomic E-state index is 0.0794. The van der Waals surface area contributed by atoms with Crippen LogP contribution in [0.3, 0.4) is 0 Å². The smallest absolute Gasteiger partial charge is 0.341 e. The molecule has 5 rings (SSSR count). The molecule has 0 spiro atoms. The van der Waals surface area contributed by atoms with Gasteiger partial charge in [0.2, 0.25) is 0 Å². The van der Waals surface area contributed by atoms with Crippen LogP contribution < -0.4 is 16.8 Å². The van der Waals surface area contributed by atoms with Gasteiger partial charge in [-0.3, -0.25) is 4.79 Å². The lowest BCUT2D eigenvalue weighted by Crippen LogP contribution is -2.16. The first-order valence-corrected chi connectivity index (χ1v) is 14.9. The molecule has 5 N–H and O–H groups in total. The fraction of sp³-hybridized carbons (Fsp3) is 0.333. The van der Waals surface area contributed by atoms with E-state index in [9.17, 15) is 14.9 Å². The molecule has 206 valence electrons. The average molecular weight is 574 g/mol. The summed E-state index contributed by atoms with van der Waals surface area (Å²) in [6, 6.07) is 10.1. The second-order valence-corrected chi connectivity index (χ2v) is 12.5. The Morgan fingerprint density at radius 2 is 1.95 bits per heavy atom. The molecule has 0 bridgehead atoms. The Bertz CT molecular complexity index is 1680. The van der Waals surface area contributed by atoms with E-state index in [-0.39, 0.29) is 28.6 Å². The minimum Gasteiger partial charge on any atom is -0.462 e. The van der Waals surface area contributed by atoms with E-state index in [0.717, 1.165) is 52.2 Å². The SMILES string of the molecule is CCOC(=O)c1c(NC(=O)c2sc3nc(N)c(C#N)c(-c4ccc(C(C)C)cc4)c3c2N)sc2c1CCC(C)C2. The van der Waals surface area contributed by atoms with Gasteiger partial charge in [0.1, 0.15) is 32.2 Å². The van der Waals surface area contributed by atoms with E-state index in [1.807, 2.05) is 24.3 Å². The highest BCUT2D eigenvalue weighted by atomic mass is 32.1. The van der Waals surface area contributed by atoms with Crippen LogP contribution in [-0.4, -0.2) is 23.5 Å². The molecule has 3 heterocycles. The van der Waals surface area contributed by atoms with E-state index < -0.39 is 11.9 Å². The fourth-order valence-electron chi connectivity index (χ4n) is 5.19. The molecule has 1 aliphatic carbocycles. The number of aromatic nitrogens is 1. The van der Waals surface area contributed by atoms with Gasteiger partial charge in [-0.1, -0.05) is 45.0 Å². The molecule has 40 heavy (non-hydrogen) atoms. The van der Waals surface area contributed by atoms with E-state index in [4.69, 9.17) is 16.2 Å². The van der Waals surface area contributed by atoms with Gasteiger partial charge in [0.15, 0.2) is 0 Å². The van der Waals surface area contributed by atoms with Gasteiger partial charge in [0, 0.05) is 15.8 Å². The van der Waals surface area contributed by atoms with Crippen LogP contribution in [0.4, 0.5) is 16.5 Å². The summed E-state index contributed by atoms with van der Waals surface area (Å²) in [4.78, 5) is 32.8. The standard InChI is InChI=1S/C30H31N5O3S2/c1-5-38-30(37)22-18-11-6-15(4)12-20(18)39-28(22)35-27(36)25-24(32)23-21(17-9-7-16(8-10-17)14(2)3)19(13-31)26(33)34-29(23)40-25/h7-10,14-15H,5-6,11-12,32H2,1-4H3,(H2,33,34)(H,35,36). The molecule has 1 amide bonds. The molecular formula is C30H31N5O3S2. The van der Waals surface area contributed by atoms with Crippen molar-refractivity contribution in [2.24, 2.45) is 5.92 Å². The first kappa shape index (κ1) is 27.6. The molecule has 1 atom stereocenters. The maximum absolute atomic E-state index is 13.7. The van der Waals surface area contributed by atoms with Crippen molar-refractivity contribution in [3.05, 3.63) is 56.3 Å². The topological polar surface area (TPSA) is 144 Å². The monoisotopic (exact) mass is 573 g/mol. The lowest BCUT2D eigenvalue weighted by atomic mass is 9.88. The number of amides is 1. The highest BCUT2D eigenvalue weighted by molar-refractivity contribution is 7.21. The fourth-order valence-corrected chi connectivity index (χ4v) is 7.59. The lowest BCUT2D eigenvalue weighted by molar-refractivity contribution is 0.0526. The number of nitrogen functional groups attached to an aromatic ring is 2. The van der Waals surface area contributed by atoms with Gasteiger partial charge < -0.3 is 21.5 Å². The number of fused-ring (bicyclic) bond motifs is 2. The van der Waals surface area contributed by atoms with E-state index in [1.165, 1.54) is 11.3 Å². The van der Waals surface area contributed by atoms with Crippen molar-refractivity contribution in [3.63, 3.8) is 0 Å². The third-order valence-corrected chi connectivity index (χ3v) is 9.58. The largest absolute Gasteiger partial charge is 0.462 e. The summed E-state index contributed by atoms with van der Waals surface area (Å²) in [7, 11) is 0. The summed E-state index contributed by atoms with van der Waals surface area (Å²) < 4.78 is 5.35. The van der Waals surface area contributed by atoms with Crippen molar-refractivity contribution in [1.82, 2.24) is 4.98 Å². The van der Waals surface area contributed by atoms with Gasteiger partial charge in [-0.15, -0.1) is 22.7 Å². The van der Waals surface area contributed by atoms with Crippen LogP contribution in [0.25, 0.3) is 21.3 Å². The minimum atomic E-state index is -0.448. The summed E-state index contributed by atoms with van der Waals surface area (Å²) in [5.41, 5.74) is 17.1. The van der Waals surface area contributed by atoms with Gasteiger partial charge in [-0.25, -0.2) is 9.78 Å². The van der Waals surface area contributed by atoms with Crippen molar-refractivity contribution in [3.8, 4) is 17.2 Å². The molecule has 4 aromatic rings. The average Bonchev–Trinajstić information content (AvgIpc) is 3.44. The van der Waals surface area contributed by atoms with Crippen LogP contribution in [0.15, 0.2) is 24.3 Å². The summed E-state index contributed by atoms with van der Waals surface area (Å²) in [5, 5.41) is 13.9. The number of ether oxygens (including phenoxy) is 1. The Balaban J connectivity index is 1.60. The third kappa shape index (κ3) is 4.80. The number of rotatable bonds is 6. The van der Waals surface area contributed by atoms with Crippen molar-refractivity contribution >= 4 is 61.3 Å². The summed E-state index contributed by atoms with van der Waals surface area (Å²) >= 11 is 2.53. The Kier molecular flexibility index (Phi) is 7.53. The highest BCUT2D eigenvalue weighted by Gasteiger charge is 2.31. The number of pyridine rings is 1. The molecule has 0 aliphatic heterocycles. The summed E-state index contributed by atoms with van der Waals surface area (Å²) in [6.45, 7) is 8.41. The van der Waals surface area contributed by atoms with Gasteiger partial charge in [-0.05, 0) is 54.7 Å². The Hall–Kier alpha value is -3.94. The van der Waals surface area contributed by atoms with E-state index >= 15 is 0 Å². The van der Waals surface area contributed by atoms with Crippen LogP contribution in [0.1, 0.15) is 81.6 Å². The zero-order chi connectivity index (χ0) is 28.7. The number of thiophene rings is 2. The molecule has 1 aromatic carbocycles. The molecule has 8 nitrogen and oxygen atoms in total. The molecule has 1 unspecified atom stereocenters. The Labute approximate surface area is 241 Å². The van der Waals surface area contributed by atoms with E-state index in [2.05, 4.69) is 37.1 Å². The van der Waals surface area contributed by atoms with Gasteiger partial charge in [0.25, 0.3) is 5.91 Å². The van der Waals surface area contributed by atoms with Crippen molar-refractivity contribution in [2.45, 2.75) is 52.9 Å². The zero-order valence-corrected chi connectivity index (χ0v) is 24.5. The number of hydrogen-bond acceptors (Lipinski definition) is 9. The molecular weight excluding hydrogens is 542 g/mol. The first-order valence-electron chi connectivity index (χ1n) is 13.3. The molecule has 0 fully saturated rings. The van der Waals surface area contributed by atoms with E-state index in [1.54, 1.807) is 6.92 Å². The molecule has 0 radical (unpaired) electrons. The molecule has 1 aliphatic rings. The zero-order valence-electron chi connectivity index (χ0n) is 22.9. The molecule has 0 saturated carbocycles. The lowest BCUT2D eigenvalue weighted by Gasteiger charge is -2.18. The maximum Gasteiger partial charge on any atom is 0.341 e. The van der Waals surface area contributed by atoms with Crippen molar-refractivity contribution in [1.29, 1.82) is 5.26 Å². The number of carbonyl (C=O) groups excluding carboxylic acids is 2. The second kappa shape index (κ2) is 10.9. The summed E-state index contributed by atoms with van der Waals surface area (Å²) in [6.07, 6.45) is 2.59. The van der Waals surface area contributed by atoms with Crippen LogP contribution in [0, 0.1) is 17.2 Å². The first-order chi connectivity index (χ1) is 19.1. The molecule has 3 aromatic heterocycles. The maximum atomic E-state index is 13.7. The predicted molar refractivity (Wildman–Crippen MR) is 162 cm³/mol. The number of esters is 1. The number of nitrogens with two attached hydrogens (primary N) is 2. The summed E-state index contributed by atoms with van der Waals surface area (Å²) in [5.74, 6) is 0.0436. The number of benzene rings is 1. The van der Waals surface area contributed by atoms with Crippen molar-refractivity contribution < 1.29 is 14.3 Å². The van der Waals surface area contributed by atoms with Gasteiger partial charge in [-0.2, -0.15) is 5.26 Å². The van der Waals surface area contributed by atoms with Crippen LogP contribution in [0.5, 0.6) is 0 Å². The number of nitrogens with zero attached hydrogens (tertiary/aromatic N) is 2. The number of nitrogens with one attached hydrogen (secondary N) is 1. The van der Waals surface area contributed by atoms with Crippen LogP contribution in [-0.2, 0) is 17.6 Å². The number of nitriles is 1. The van der Waals surface area contributed by atoms with E-state index in [0.29, 0.717) is 38.2 Å². The number of carbonyl (C=O) groups is 2. The highest BCUT2D eigenvalue weighted by Crippen LogP contribution is 2.44. The predicted octanol–water partition coefficient (Wildman–Crippen LogP) is 6.74. The Morgan fingerprint density at radius 1 is 1.23 bits per heavy atom. The second-order valence-electron chi connectivity index (χ2n) is 10.4. The number of hydrogen-bond donors (Lipinski definition) is 3. The third-order valence-electron chi connectivity index (χ3n) is 7.31. The molecule has 10 heteroatoms. The normalized spacial score (nSPS) is 14.7.